The Morgan fingerprint density at radius 1 is 1.16 bits per heavy atom. The lowest BCUT2D eigenvalue weighted by atomic mass is 9.92. The average Bonchev–Trinajstić information content (AvgIpc) is 2.96. The number of nitrogens with zero attached hydrogens (tertiary/aromatic N) is 3. The Kier molecular flexibility index (Phi) is 5.39. The molecule has 0 saturated carbocycles. The fraction of sp³-hybridized carbons (Fsp3) is 0.500. The van der Waals surface area contributed by atoms with Crippen molar-refractivity contribution in [3.8, 4) is 0 Å². The zero-order chi connectivity index (χ0) is 16.5. The second kappa shape index (κ2) is 7.54. The van der Waals surface area contributed by atoms with Gasteiger partial charge >= 0.3 is 0 Å². The van der Waals surface area contributed by atoms with Crippen LogP contribution in [-0.2, 0) is 11.3 Å². The van der Waals surface area contributed by atoms with E-state index >= 15 is 0 Å². The van der Waals surface area contributed by atoms with Crippen LogP contribution in [0.25, 0.3) is 10.9 Å². The van der Waals surface area contributed by atoms with Gasteiger partial charge in [0, 0.05) is 18.5 Å². The Labute approximate surface area is 152 Å². The molecular weight excluding hydrogens is 340 g/mol. The number of amides is 1. The van der Waals surface area contributed by atoms with Gasteiger partial charge < -0.3 is 10.2 Å². The van der Waals surface area contributed by atoms with Crippen LogP contribution in [0.3, 0.4) is 0 Å². The minimum atomic E-state index is -0.107. The maximum Gasteiger partial charge on any atom is 0.244 e. The molecule has 2 aromatic rings. The Morgan fingerprint density at radius 2 is 1.84 bits per heavy atom. The van der Waals surface area contributed by atoms with Crippen LogP contribution in [0.2, 0.25) is 0 Å². The smallest absolute Gasteiger partial charge is 0.244 e. The Hall–Kier alpha value is -1.92. The molecule has 1 aromatic carbocycles. The largest absolute Gasteiger partial charge is 0.341 e. The van der Waals surface area contributed by atoms with Crippen molar-refractivity contribution in [3.63, 3.8) is 0 Å². The van der Waals surface area contributed by atoms with Gasteiger partial charge in [0.25, 0.3) is 0 Å². The van der Waals surface area contributed by atoms with Gasteiger partial charge in [0.05, 0.1) is 11.7 Å². The van der Waals surface area contributed by atoms with Gasteiger partial charge in [-0.2, -0.15) is 5.10 Å². The van der Waals surface area contributed by atoms with E-state index in [-0.39, 0.29) is 30.3 Å². The van der Waals surface area contributed by atoms with E-state index in [2.05, 4.69) is 10.4 Å². The van der Waals surface area contributed by atoms with E-state index in [0.717, 1.165) is 39.0 Å². The third-order valence-corrected chi connectivity index (χ3v) is 5.42. The molecule has 0 unspecified atom stereocenters. The maximum absolute atomic E-state index is 12.7. The highest BCUT2D eigenvalue weighted by molar-refractivity contribution is 5.85. The lowest BCUT2D eigenvalue weighted by molar-refractivity contribution is -0.132. The number of carbonyl (C=O) groups excluding carboxylic acids is 1. The summed E-state index contributed by atoms with van der Waals surface area (Å²) >= 11 is 0. The highest BCUT2D eigenvalue weighted by Crippen LogP contribution is 2.27. The van der Waals surface area contributed by atoms with Crippen molar-refractivity contribution < 1.29 is 4.79 Å². The quantitative estimate of drug-likeness (QED) is 0.873. The lowest BCUT2D eigenvalue weighted by Crippen LogP contribution is -2.36. The highest BCUT2D eigenvalue weighted by atomic mass is 35.5. The van der Waals surface area contributed by atoms with Crippen molar-refractivity contribution in [2.24, 2.45) is 11.8 Å². The molecule has 0 aliphatic carbocycles. The summed E-state index contributed by atoms with van der Waals surface area (Å²) < 4.78 is 1.65. The van der Waals surface area contributed by atoms with Crippen molar-refractivity contribution in [2.45, 2.75) is 19.4 Å². The summed E-state index contributed by atoms with van der Waals surface area (Å²) in [5.41, 5.74) is 0.610. The van der Waals surface area contributed by atoms with Crippen molar-refractivity contribution in [2.75, 3.05) is 26.2 Å². The summed E-state index contributed by atoms with van der Waals surface area (Å²) in [6, 6.07) is 7.32. The van der Waals surface area contributed by atoms with Gasteiger partial charge in [0.2, 0.25) is 11.3 Å². The van der Waals surface area contributed by atoms with Gasteiger partial charge in [-0.3, -0.25) is 14.3 Å². The van der Waals surface area contributed by atoms with E-state index in [1.165, 1.54) is 6.20 Å². The minimum absolute atomic E-state index is 0. The number of carbonyl (C=O) groups is 1. The lowest BCUT2D eigenvalue weighted by Gasteiger charge is -2.21. The van der Waals surface area contributed by atoms with Crippen molar-refractivity contribution in [3.05, 3.63) is 40.7 Å². The molecule has 2 atom stereocenters. The first-order chi connectivity index (χ1) is 11.7. The van der Waals surface area contributed by atoms with Gasteiger partial charge in [-0.05, 0) is 49.9 Å². The number of aromatic nitrogens is 2. The van der Waals surface area contributed by atoms with Gasteiger partial charge in [0.15, 0.2) is 0 Å². The molecule has 2 aliphatic rings. The van der Waals surface area contributed by atoms with E-state index in [0.29, 0.717) is 22.7 Å². The first-order valence-electron chi connectivity index (χ1n) is 8.66. The number of hydrogen-bond acceptors (Lipinski definition) is 4. The molecule has 134 valence electrons. The molecule has 2 fully saturated rings. The fourth-order valence-electron chi connectivity index (χ4n) is 3.98. The zero-order valence-electron chi connectivity index (χ0n) is 14.1. The molecule has 0 spiro atoms. The van der Waals surface area contributed by atoms with Crippen molar-refractivity contribution in [1.29, 1.82) is 0 Å². The van der Waals surface area contributed by atoms with Crippen molar-refractivity contribution >= 4 is 29.2 Å². The van der Waals surface area contributed by atoms with Gasteiger partial charge in [-0.1, -0.05) is 12.1 Å². The molecule has 1 aromatic heterocycles. The SMILES string of the molecule is Cl.O=C(Cn1ncc(=O)c2ccccc21)N1CC[C@@H]2CNC[C@@H]2CC1. The van der Waals surface area contributed by atoms with Crippen LogP contribution < -0.4 is 10.7 Å². The molecule has 0 bridgehead atoms. The third-order valence-electron chi connectivity index (χ3n) is 5.42. The molecule has 4 rings (SSSR count). The van der Waals surface area contributed by atoms with Gasteiger partial charge in [-0.25, -0.2) is 0 Å². The normalized spacial score (nSPS) is 23.0. The monoisotopic (exact) mass is 362 g/mol. The molecule has 1 amide bonds. The molecule has 2 aliphatic heterocycles. The number of para-hydroxylation sites is 1. The van der Waals surface area contributed by atoms with E-state index < -0.39 is 0 Å². The van der Waals surface area contributed by atoms with Crippen LogP contribution in [0.5, 0.6) is 0 Å². The zero-order valence-corrected chi connectivity index (χ0v) is 14.9. The number of halogens is 1. The number of hydrogen-bond donors (Lipinski definition) is 1. The van der Waals surface area contributed by atoms with Crippen LogP contribution in [-0.4, -0.2) is 46.8 Å². The fourth-order valence-corrected chi connectivity index (χ4v) is 3.98. The first kappa shape index (κ1) is 17.9. The van der Waals surface area contributed by atoms with Crippen LogP contribution in [0.4, 0.5) is 0 Å². The summed E-state index contributed by atoms with van der Waals surface area (Å²) in [5.74, 6) is 1.49. The predicted molar refractivity (Wildman–Crippen MR) is 98.9 cm³/mol. The molecule has 2 saturated heterocycles. The third kappa shape index (κ3) is 3.55. The number of benzene rings is 1. The molecule has 6 nitrogen and oxygen atoms in total. The van der Waals surface area contributed by atoms with E-state index in [4.69, 9.17) is 0 Å². The van der Waals surface area contributed by atoms with E-state index in [9.17, 15) is 9.59 Å². The molecule has 1 N–H and O–H groups in total. The first-order valence-corrected chi connectivity index (χ1v) is 8.66. The Morgan fingerprint density at radius 3 is 2.56 bits per heavy atom. The summed E-state index contributed by atoms with van der Waals surface area (Å²) in [4.78, 5) is 26.6. The summed E-state index contributed by atoms with van der Waals surface area (Å²) in [6.07, 6.45) is 3.44. The van der Waals surface area contributed by atoms with E-state index in [1.54, 1.807) is 10.7 Å². The van der Waals surface area contributed by atoms with Crippen LogP contribution in [0, 0.1) is 11.8 Å². The summed E-state index contributed by atoms with van der Waals surface area (Å²) in [5, 5.41) is 8.23. The van der Waals surface area contributed by atoms with Gasteiger partial charge in [-0.15, -0.1) is 12.4 Å². The van der Waals surface area contributed by atoms with E-state index in [1.807, 2.05) is 23.1 Å². The summed E-state index contributed by atoms with van der Waals surface area (Å²) in [7, 11) is 0. The predicted octanol–water partition coefficient (Wildman–Crippen LogP) is 1.28. The van der Waals surface area contributed by atoms with Crippen molar-refractivity contribution in [1.82, 2.24) is 20.0 Å². The van der Waals surface area contributed by atoms with Crippen LogP contribution in [0.15, 0.2) is 35.3 Å². The molecule has 7 heteroatoms. The van der Waals surface area contributed by atoms with Crippen LogP contribution >= 0.6 is 12.4 Å². The second-order valence-corrected chi connectivity index (χ2v) is 6.82. The van der Waals surface area contributed by atoms with Crippen LogP contribution in [0.1, 0.15) is 12.8 Å². The highest BCUT2D eigenvalue weighted by Gasteiger charge is 2.31. The number of fused-ring (bicyclic) bond motifs is 2. The van der Waals surface area contributed by atoms with Gasteiger partial charge in [0.1, 0.15) is 6.54 Å². The minimum Gasteiger partial charge on any atom is -0.341 e. The maximum atomic E-state index is 12.7. The molecule has 25 heavy (non-hydrogen) atoms. The number of likely N-dealkylation sites (tertiary alicyclic amines) is 1. The standard InChI is InChI=1S/C18H22N4O2.ClH/c23-17-11-20-22(16-4-2-1-3-15(16)17)12-18(24)21-7-5-13-9-19-10-14(13)6-8-21;/h1-4,11,13-14,19H,5-10,12H2;1H/t13-,14+;. The molecular formula is C18H23ClN4O2. The second-order valence-electron chi connectivity index (χ2n) is 6.82. The molecule has 3 heterocycles. The number of nitrogens with one attached hydrogen (secondary N) is 1. The topological polar surface area (TPSA) is 67.2 Å². The Balaban J connectivity index is 0.00000182. The summed E-state index contributed by atoms with van der Waals surface area (Å²) in [6.45, 7) is 3.99. The Bertz CT molecular complexity index is 808. The molecule has 0 radical (unpaired) electrons. The number of rotatable bonds is 2. The average molecular weight is 363 g/mol.